The van der Waals surface area contributed by atoms with E-state index in [4.69, 9.17) is 11.6 Å². The fourth-order valence-corrected chi connectivity index (χ4v) is 4.36. The minimum Gasteiger partial charge on any atom is -0.341 e. The second-order valence-electron chi connectivity index (χ2n) is 4.22. The summed E-state index contributed by atoms with van der Waals surface area (Å²) in [5.41, 5.74) is 0. The summed E-state index contributed by atoms with van der Waals surface area (Å²) >= 11 is 8.86. The highest BCUT2D eigenvalue weighted by atomic mass is 35.5. The Morgan fingerprint density at radius 3 is 2.84 bits per heavy atom. The van der Waals surface area contributed by atoms with Gasteiger partial charge in [0.1, 0.15) is 4.88 Å². The van der Waals surface area contributed by atoms with E-state index in [0.29, 0.717) is 16.3 Å². The van der Waals surface area contributed by atoms with E-state index in [1.54, 1.807) is 0 Å². The molecule has 6 heteroatoms. The fourth-order valence-electron chi connectivity index (χ4n) is 2.01. The SMILES string of the molecule is O=C(N[C@@H]1CCSC1=O)c1sc2ccccc2c1Cl. The third-order valence-electron chi connectivity index (χ3n) is 2.98. The van der Waals surface area contributed by atoms with Crippen molar-refractivity contribution >= 4 is 55.8 Å². The molecule has 0 bridgehead atoms. The van der Waals surface area contributed by atoms with E-state index in [-0.39, 0.29) is 17.1 Å². The first-order valence-corrected chi connectivity index (χ1v) is 7.99. The molecule has 2 heterocycles. The van der Waals surface area contributed by atoms with Gasteiger partial charge in [-0.15, -0.1) is 11.3 Å². The molecule has 0 aliphatic carbocycles. The van der Waals surface area contributed by atoms with Crippen molar-refractivity contribution in [3.8, 4) is 0 Å². The highest BCUT2D eigenvalue weighted by molar-refractivity contribution is 8.14. The van der Waals surface area contributed by atoms with Crippen LogP contribution in [0.1, 0.15) is 16.1 Å². The van der Waals surface area contributed by atoms with Gasteiger partial charge in [0.15, 0.2) is 0 Å². The van der Waals surface area contributed by atoms with E-state index in [2.05, 4.69) is 5.32 Å². The maximum Gasteiger partial charge on any atom is 0.263 e. The molecule has 1 amide bonds. The summed E-state index contributed by atoms with van der Waals surface area (Å²) in [4.78, 5) is 24.2. The molecule has 3 rings (SSSR count). The Hall–Kier alpha value is -1.04. The number of amides is 1. The lowest BCUT2D eigenvalue weighted by molar-refractivity contribution is -0.112. The van der Waals surface area contributed by atoms with Crippen LogP contribution in [-0.2, 0) is 4.79 Å². The Labute approximate surface area is 123 Å². The number of carbonyl (C=O) groups is 2. The van der Waals surface area contributed by atoms with Crippen molar-refractivity contribution in [2.75, 3.05) is 5.75 Å². The molecule has 19 heavy (non-hydrogen) atoms. The normalized spacial score (nSPS) is 19.0. The Balaban J connectivity index is 1.89. The molecular weight excluding hydrogens is 302 g/mol. The van der Waals surface area contributed by atoms with Crippen LogP contribution in [0.5, 0.6) is 0 Å². The number of fused-ring (bicyclic) bond motifs is 1. The average Bonchev–Trinajstić information content (AvgIpc) is 2.95. The summed E-state index contributed by atoms with van der Waals surface area (Å²) < 4.78 is 0.977. The molecule has 1 aromatic carbocycles. The number of hydrogen-bond acceptors (Lipinski definition) is 4. The molecule has 1 saturated heterocycles. The van der Waals surface area contributed by atoms with Crippen molar-refractivity contribution in [1.82, 2.24) is 5.32 Å². The third-order valence-corrected chi connectivity index (χ3v) is 5.66. The lowest BCUT2D eigenvalue weighted by Gasteiger charge is -2.08. The van der Waals surface area contributed by atoms with E-state index in [1.807, 2.05) is 24.3 Å². The van der Waals surface area contributed by atoms with Crippen molar-refractivity contribution in [2.24, 2.45) is 0 Å². The highest BCUT2D eigenvalue weighted by Crippen LogP contribution is 2.35. The molecular formula is C13H10ClNO2S2. The minimum absolute atomic E-state index is 0.0329. The smallest absolute Gasteiger partial charge is 0.263 e. The van der Waals surface area contributed by atoms with Gasteiger partial charge in [0, 0.05) is 15.8 Å². The van der Waals surface area contributed by atoms with Crippen LogP contribution in [0.15, 0.2) is 24.3 Å². The molecule has 0 radical (unpaired) electrons. The molecule has 1 atom stereocenters. The lowest BCUT2D eigenvalue weighted by atomic mass is 10.2. The van der Waals surface area contributed by atoms with Crippen molar-refractivity contribution < 1.29 is 9.59 Å². The van der Waals surface area contributed by atoms with Crippen LogP contribution in [0.2, 0.25) is 5.02 Å². The van der Waals surface area contributed by atoms with Crippen LogP contribution in [0.25, 0.3) is 10.1 Å². The van der Waals surface area contributed by atoms with Gasteiger partial charge in [-0.3, -0.25) is 9.59 Å². The number of hydrogen-bond donors (Lipinski definition) is 1. The molecule has 0 spiro atoms. The standard InChI is InChI=1S/C13H10ClNO2S2/c14-10-7-3-1-2-4-9(7)19-11(10)12(16)15-8-5-6-18-13(8)17/h1-4,8H,5-6H2,(H,15,16)/t8-/m1/s1. The number of carbonyl (C=O) groups excluding carboxylic acids is 2. The van der Waals surface area contributed by atoms with Crippen molar-refractivity contribution in [3.05, 3.63) is 34.2 Å². The first kappa shape index (κ1) is 13.0. The third kappa shape index (κ3) is 2.38. The van der Waals surface area contributed by atoms with Crippen molar-refractivity contribution in [2.45, 2.75) is 12.5 Å². The summed E-state index contributed by atoms with van der Waals surface area (Å²) in [5, 5.41) is 4.15. The zero-order valence-electron chi connectivity index (χ0n) is 9.81. The summed E-state index contributed by atoms with van der Waals surface area (Å²) in [7, 11) is 0. The quantitative estimate of drug-likeness (QED) is 0.925. The van der Waals surface area contributed by atoms with Gasteiger partial charge >= 0.3 is 0 Å². The van der Waals surface area contributed by atoms with Crippen LogP contribution in [0.3, 0.4) is 0 Å². The Morgan fingerprint density at radius 1 is 1.37 bits per heavy atom. The maximum absolute atomic E-state index is 12.2. The molecule has 98 valence electrons. The number of rotatable bonds is 2. The Morgan fingerprint density at radius 2 is 2.16 bits per heavy atom. The second-order valence-corrected chi connectivity index (χ2v) is 6.75. The largest absolute Gasteiger partial charge is 0.341 e. The van der Waals surface area contributed by atoms with Gasteiger partial charge < -0.3 is 5.32 Å². The van der Waals surface area contributed by atoms with Crippen LogP contribution in [0, 0.1) is 0 Å². The van der Waals surface area contributed by atoms with Gasteiger partial charge in [-0.25, -0.2) is 0 Å². The van der Waals surface area contributed by atoms with Crippen molar-refractivity contribution in [1.29, 1.82) is 0 Å². The molecule has 2 aromatic rings. The van der Waals surface area contributed by atoms with E-state index < -0.39 is 0 Å². The Kier molecular flexibility index (Phi) is 3.52. The average molecular weight is 312 g/mol. The number of benzene rings is 1. The highest BCUT2D eigenvalue weighted by Gasteiger charge is 2.28. The first-order valence-electron chi connectivity index (χ1n) is 5.81. The zero-order chi connectivity index (χ0) is 13.4. The Bertz CT molecular complexity index is 668. The first-order chi connectivity index (χ1) is 9.16. The van der Waals surface area contributed by atoms with Crippen LogP contribution in [-0.4, -0.2) is 22.8 Å². The van der Waals surface area contributed by atoms with Gasteiger partial charge in [-0.2, -0.15) is 0 Å². The molecule has 1 aliphatic heterocycles. The van der Waals surface area contributed by atoms with E-state index in [0.717, 1.165) is 15.8 Å². The number of thiophene rings is 1. The van der Waals surface area contributed by atoms with Crippen LogP contribution in [0.4, 0.5) is 0 Å². The van der Waals surface area contributed by atoms with E-state index in [1.165, 1.54) is 23.1 Å². The van der Waals surface area contributed by atoms with E-state index >= 15 is 0 Å². The molecule has 1 N–H and O–H groups in total. The topological polar surface area (TPSA) is 46.2 Å². The van der Waals surface area contributed by atoms with Gasteiger partial charge in [0.25, 0.3) is 5.91 Å². The molecule has 1 fully saturated rings. The van der Waals surface area contributed by atoms with Gasteiger partial charge in [0.2, 0.25) is 5.12 Å². The van der Waals surface area contributed by atoms with Crippen molar-refractivity contribution in [3.63, 3.8) is 0 Å². The molecule has 0 unspecified atom stereocenters. The van der Waals surface area contributed by atoms with Gasteiger partial charge in [-0.1, -0.05) is 41.6 Å². The lowest BCUT2D eigenvalue weighted by Crippen LogP contribution is -2.36. The molecule has 1 aromatic heterocycles. The second kappa shape index (κ2) is 5.15. The predicted molar refractivity (Wildman–Crippen MR) is 80.2 cm³/mol. The number of thioether (sulfide) groups is 1. The number of halogens is 1. The fraction of sp³-hybridized carbons (Fsp3) is 0.231. The van der Waals surface area contributed by atoms with E-state index in [9.17, 15) is 9.59 Å². The van der Waals surface area contributed by atoms with Crippen LogP contribution < -0.4 is 5.32 Å². The summed E-state index contributed by atoms with van der Waals surface area (Å²) in [6.07, 6.45) is 0.692. The van der Waals surface area contributed by atoms with Gasteiger partial charge in [-0.05, 0) is 12.5 Å². The minimum atomic E-state index is -0.376. The van der Waals surface area contributed by atoms with Crippen LogP contribution >= 0.6 is 34.7 Å². The maximum atomic E-state index is 12.2. The summed E-state index contributed by atoms with van der Waals surface area (Å²) in [6, 6.07) is 7.24. The molecule has 3 nitrogen and oxygen atoms in total. The molecule has 0 saturated carbocycles. The monoisotopic (exact) mass is 311 g/mol. The zero-order valence-corrected chi connectivity index (χ0v) is 12.2. The summed E-state index contributed by atoms with van der Waals surface area (Å²) in [5.74, 6) is 0.510. The molecule has 1 aliphatic rings. The predicted octanol–water partition coefficient (Wildman–Crippen LogP) is 3.32. The number of nitrogens with one attached hydrogen (secondary N) is 1. The van der Waals surface area contributed by atoms with Gasteiger partial charge in [0.05, 0.1) is 11.1 Å². The summed E-state index contributed by atoms with van der Waals surface area (Å²) in [6.45, 7) is 0.